The fourth-order valence-corrected chi connectivity index (χ4v) is 1.19. The van der Waals surface area contributed by atoms with Crippen LogP contribution in [0.25, 0.3) is 0 Å². The molecule has 0 aromatic heterocycles. The second kappa shape index (κ2) is 16.4. The number of amides is 4. The van der Waals surface area contributed by atoms with Gasteiger partial charge in [-0.25, -0.2) is 21.3 Å². The Bertz CT molecular complexity index is 265. The van der Waals surface area contributed by atoms with Gasteiger partial charge < -0.3 is 9.80 Å². The van der Waals surface area contributed by atoms with Gasteiger partial charge in [-0.15, -0.1) is 24.8 Å². The van der Waals surface area contributed by atoms with Crippen LogP contribution in [-0.4, -0.2) is 73.2 Å². The lowest BCUT2D eigenvalue weighted by Crippen LogP contribution is -2.44. The van der Waals surface area contributed by atoms with Gasteiger partial charge in [0, 0.05) is 41.3 Å². The van der Waals surface area contributed by atoms with Crippen molar-refractivity contribution in [3.05, 3.63) is 0 Å². The molecule has 0 aliphatic carbocycles. The van der Waals surface area contributed by atoms with Crippen molar-refractivity contribution < 1.29 is 9.59 Å². The van der Waals surface area contributed by atoms with Crippen molar-refractivity contribution in [1.29, 1.82) is 0 Å². The van der Waals surface area contributed by atoms with Gasteiger partial charge in [0.15, 0.2) is 0 Å². The van der Waals surface area contributed by atoms with E-state index in [0.29, 0.717) is 13.1 Å². The van der Waals surface area contributed by atoms with Gasteiger partial charge in [0.05, 0.1) is 0 Å². The molecule has 136 valence electrons. The maximum atomic E-state index is 11.0. The summed E-state index contributed by atoms with van der Waals surface area (Å²) in [6, 6.07) is -0.302. The third-order valence-corrected chi connectivity index (χ3v) is 2.19. The first-order chi connectivity index (χ1) is 9.18. The Morgan fingerprint density at radius 1 is 0.727 bits per heavy atom. The summed E-state index contributed by atoms with van der Waals surface area (Å²) in [6.45, 7) is 5.17. The molecule has 0 unspecified atom stereocenters. The molecule has 4 N–H and O–H groups in total. The maximum Gasteiger partial charge on any atom is 0.333 e. The van der Waals surface area contributed by atoms with Crippen LogP contribution in [0.2, 0.25) is 0 Å². The maximum absolute atomic E-state index is 11.0. The molecule has 0 spiro atoms. The highest BCUT2D eigenvalue weighted by atomic mass is 35.5. The van der Waals surface area contributed by atoms with E-state index < -0.39 is 0 Å². The van der Waals surface area contributed by atoms with Gasteiger partial charge in [0.1, 0.15) is 0 Å². The van der Waals surface area contributed by atoms with Crippen molar-refractivity contribution in [1.82, 2.24) is 19.8 Å². The molecule has 0 aromatic carbocycles. The Labute approximate surface area is 146 Å². The average molecular weight is 363 g/mol. The van der Waals surface area contributed by atoms with Gasteiger partial charge in [-0.3, -0.25) is 10.0 Å². The Balaban J connectivity index is -0.000000135. The van der Waals surface area contributed by atoms with Crippen LogP contribution >= 0.6 is 24.8 Å². The van der Waals surface area contributed by atoms with Gasteiger partial charge in [-0.05, 0) is 12.8 Å². The minimum absolute atomic E-state index is 0. The average Bonchev–Trinajstić information content (AvgIpc) is 2.37. The molecule has 0 saturated carbocycles. The van der Waals surface area contributed by atoms with Crippen LogP contribution in [-0.2, 0) is 0 Å². The molecule has 0 fully saturated rings. The number of halogens is 2. The molecule has 0 saturated heterocycles. The molecule has 0 aliphatic heterocycles. The Hall–Kier alpha value is -0.960. The number of urea groups is 2. The summed E-state index contributed by atoms with van der Waals surface area (Å²) in [7, 11) is 6.71. The Morgan fingerprint density at radius 3 is 1.09 bits per heavy atom. The van der Waals surface area contributed by atoms with E-state index in [2.05, 4.69) is 0 Å². The van der Waals surface area contributed by atoms with Crippen LogP contribution < -0.4 is 11.7 Å². The molecular weight excluding hydrogens is 331 g/mol. The monoisotopic (exact) mass is 362 g/mol. The number of nitrogens with two attached hydrogens (primary N) is 2. The van der Waals surface area contributed by atoms with E-state index in [1.54, 1.807) is 28.2 Å². The van der Waals surface area contributed by atoms with Crippen molar-refractivity contribution in [2.45, 2.75) is 26.7 Å². The molecular formula is C12H32Cl2N6O2. The smallest absolute Gasteiger partial charge is 0.330 e. The minimum Gasteiger partial charge on any atom is -0.330 e. The van der Waals surface area contributed by atoms with Gasteiger partial charge in [0.25, 0.3) is 0 Å². The Morgan fingerprint density at radius 2 is 0.955 bits per heavy atom. The van der Waals surface area contributed by atoms with Crippen LogP contribution in [0.3, 0.4) is 0 Å². The number of nitrogens with zero attached hydrogens (tertiary/aromatic N) is 4. The lowest BCUT2D eigenvalue weighted by Gasteiger charge is -2.19. The lowest BCUT2D eigenvalue weighted by molar-refractivity contribution is 0.171. The summed E-state index contributed by atoms with van der Waals surface area (Å²) in [5.41, 5.74) is 0. The lowest BCUT2D eigenvalue weighted by atomic mass is 10.5. The molecule has 0 radical (unpaired) electrons. The van der Waals surface area contributed by atoms with Gasteiger partial charge in [-0.2, -0.15) is 0 Å². The van der Waals surface area contributed by atoms with E-state index in [4.69, 9.17) is 11.7 Å². The summed E-state index contributed by atoms with van der Waals surface area (Å²) in [6.07, 6.45) is 1.77. The van der Waals surface area contributed by atoms with Crippen LogP contribution in [0, 0.1) is 0 Å². The van der Waals surface area contributed by atoms with Crippen molar-refractivity contribution in [2.24, 2.45) is 11.7 Å². The fraction of sp³-hybridized carbons (Fsp3) is 0.833. The largest absolute Gasteiger partial charge is 0.333 e. The van der Waals surface area contributed by atoms with Gasteiger partial charge >= 0.3 is 12.1 Å². The zero-order chi connectivity index (χ0) is 16.3. The fourth-order valence-electron chi connectivity index (χ4n) is 1.19. The van der Waals surface area contributed by atoms with Gasteiger partial charge in [0.2, 0.25) is 0 Å². The highest BCUT2D eigenvalue weighted by Crippen LogP contribution is 1.89. The van der Waals surface area contributed by atoms with Crippen LogP contribution in [0.4, 0.5) is 9.59 Å². The molecule has 8 nitrogen and oxygen atoms in total. The number of hydrogen-bond donors (Lipinski definition) is 2. The summed E-state index contributed by atoms with van der Waals surface area (Å²) in [5, 5.41) is 2.42. The van der Waals surface area contributed by atoms with Crippen molar-refractivity contribution in [3.8, 4) is 0 Å². The van der Waals surface area contributed by atoms with E-state index in [-0.39, 0.29) is 36.9 Å². The first-order valence-corrected chi connectivity index (χ1v) is 6.65. The molecule has 0 heterocycles. The Kier molecular flexibility index (Phi) is 21.7. The van der Waals surface area contributed by atoms with Crippen LogP contribution in [0.15, 0.2) is 0 Å². The zero-order valence-electron chi connectivity index (χ0n) is 14.4. The predicted octanol–water partition coefficient (Wildman–Crippen LogP) is 1.35. The number of carbonyl (C=O) groups excluding carboxylic acids is 2. The molecule has 0 atom stereocenters. The molecule has 0 bridgehead atoms. The predicted molar refractivity (Wildman–Crippen MR) is 95.0 cm³/mol. The standard InChI is InChI=1S/2C6H15N3O.2ClH/c2*1-4-5-9(7)6(10)8(2)3;;/h2*4-5,7H2,1-3H3;2*1H. The number of hydrazine groups is 2. The first kappa shape index (κ1) is 29.1. The van der Waals surface area contributed by atoms with Crippen LogP contribution in [0.5, 0.6) is 0 Å². The quantitative estimate of drug-likeness (QED) is 0.447. The topological polar surface area (TPSA) is 99.1 Å². The normalized spacial score (nSPS) is 8.36. The second-order valence-electron chi connectivity index (χ2n) is 4.74. The third-order valence-electron chi connectivity index (χ3n) is 2.19. The number of rotatable bonds is 4. The first-order valence-electron chi connectivity index (χ1n) is 6.65. The van der Waals surface area contributed by atoms with Gasteiger partial charge in [-0.1, -0.05) is 13.8 Å². The summed E-state index contributed by atoms with van der Waals surface area (Å²) >= 11 is 0. The third kappa shape index (κ3) is 14.0. The van der Waals surface area contributed by atoms with Crippen LogP contribution in [0.1, 0.15) is 26.7 Å². The van der Waals surface area contributed by atoms with Crippen molar-refractivity contribution >= 4 is 36.9 Å². The molecule has 0 rings (SSSR count). The highest BCUT2D eigenvalue weighted by molar-refractivity contribution is 5.85. The molecule has 22 heavy (non-hydrogen) atoms. The number of hydrogen-bond acceptors (Lipinski definition) is 4. The zero-order valence-corrected chi connectivity index (χ0v) is 16.0. The summed E-state index contributed by atoms with van der Waals surface area (Å²) in [4.78, 5) is 24.8. The molecule has 0 aliphatic rings. The number of carbonyl (C=O) groups is 2. The summed E-state index contributed by atoms with van der Waals surface area (Å²) in [5.74, 6) is 10.7. The second-order valence-corrected chi connectivity index (χ2v) is 4.74. The SMILES string of the molecule is CCCN(N)C(=O)N(C)C.CCCN(N)C(=O)N(C)C.Cl.Cl. The molecule has 0 aromatic rings. The highest BCUT2D eigenvalue weighted by Gasteiger charge is 2.09. The molecule has 4 amide bonds. The van der Waals surface area contributed by atoms with E-state index >= 15 is 0 Å². The van der Waals surface area contributed by atoms with Crippen molar-refractivity contribution in [2.75, 3.05) is 41.3 Å². The van der Waals surface area contributed by atoms with E-state index in [1.165, 1.54) is 19.8 Å². The van der Waals surface area contributed by atoms with E-state index in [9.17, 15) is 9.59 Å². The van der Waals surface area contributed by atoms with Crippen molar-refractivity contribution in [3.63, 3.8) is 0 Å². The summed E-state index contributed by atoms with van der Waals surface area (Å²) < 4.78 is 0. The molecule has 10 heteroatoms. The van der Waals surface area contributed by atoms with E-state index in [0.717, 1.165) is 12.8 Å². The minimum atomic E-state index is -0.151. The van der Waals surface area contributed by atoms with E-state index in [1.807, 2.05) is 13.8 Å².